The number of nitrogens with one attached hydrogen (secondary N) is 1. The van der Waals surface area contributed by atoms with Crippen molar-refractivity contribution in [2.75, 3.05) is 58.9 Å². The number of hydrogen-bond acceptors (Lipinski definition) is 6. The lowest BCUT2D eigenvalue weighted by Gasteiger charge is -2.26. The SMILES string of the molecule is COc1ccc(-c2nc3ccccn3c2NCCN2CCOCC2)cc1OC. The number of benzene rings is 1. The van der Waals surface area contributed by atoms with Crippen LogP contribution >= 0.6 is 0 Å². The lowest BCUT2D eigenvalue weighted by molar-refractivity contribution is 0.0398. The van der Waals surface area contributed by atoms with Crippen molar-refractivity contribution >= 4 is 11.5 Å². The van der Waals surface area contributed by atoms with Crippen LogP contribution in [0.4, 0.5) is 5.82 Å². The van der Waals surface area contributed by atoms with Crippen molar-refractivity contribution in [1.82, 2.24) is 14.3 Å². The Hall–Kier alpha value is -2.77. The Labute approximate surface area is 164 Å². The van der Waals surface area contributed by atoms with Crippen molar-refractivity contribution in [2.45, 2.75) is 0 Å². The first-order valence-corrected chi connectivity index (χ1v) is 9.53. The fourth-order valence-electron chi connectivity index (χ4n) is 3.51. The van der Waals surface area contributed by atoms with Gasteiger partial charge in [0.15, 0.2) is 11.5 Å². The van der Waals surface area contributed by atoms with Gasteiger partial charge in [0.05, 0.1) is 27.4 Å². The predicted molar refractivity (Wildman–Crippen MR) is 109 cm³/mol. The third-order valence-corrected chi connectivity index (χ3v) is 5.01. The van der Waals surface area contributed by atoms with Crippen molar-refractivity contribution in [3.8, 4) is 22.8 Å². The van der Waals surface area contributed by atoms with Crippen molar-refractivity contribution in [3.63, 3.8) is 0 Å². The van der Waals surface area contributed by atoms with E-state index in [9.17, 15) is 0 Å². The van der Waals surface area contributed by atoms with Gasteiger partial charge >= 0.3 is 0 Å². The molecule has 1 aromatic carbocycles. The van der Waals surface area contributed by atoms with Gasteiger partial charge in [-0.05, 0) is 30.3 Å². The summed E-state index contributed by atoms with van der Waals surface area (Å²) in [6, 6.07) is 11.9. The van der Waals surface area contributed by atoms with Gasteiger partial charge in [-0.25, -0.2) is 4.98 Å². The zero-order valence-electron chi connectivity index (χ0n) is 16.4. The van der Waals surface area contributed by atoms with Crippen LogP contribution in [0.3, 0.4) is 0 Å². The quantitative estimate of drug-likeness (QED) is 0.678. The van der Waals surface area contributed by atoms with E-state index in [1.807, 2.05) is 42.6 Å². The number of nitrogens with zero attached hydrogens (tertiary/aromatic N) is 3. The number of methoxy groups -OCH3 is 2. The van der Waals surface area contributed by atoms with E-state index in [4.69, 9.17) is 19.2 Å². The molecule has 0 unspecified atom stereocenters. The molecule has 4 rings (SSSR count). The molecule has 0 radical (unpaired) electrons. The van der Waals surface area contributed by atoms with Gasteiger partial charge in [0.25, 0.3) is 0 Å². The van der Waals surface area contributed by atoms with Crippen LogP contribution in [0, 0.1) is 0 Å². The van der Waals surface area contributed by atoms with E-state index in [0.29, 0.717) is 11.5 Å². The summed E-state index contributed by atoms with van der Waals surface area (Å²) in [5, 5.41) is 3.59. The van der Waals surface area contributed by atoms with Crippen LogP contribution < -0.4 is 14.8 Å². The summed E-state index contributed by atoms with van der Waals surface area (Å²) in [7, 11) is 3.29. The van der Waals surface area contributed by atoms with Crippen molar-refractivity contribution in [3.05, 3.63) is 42.6 Å². The molecule has 28 heavy (non-hydrogen) atoms. The van der Waals surface area contributed by atoms with Crippen LogP contribution in [0.25, 0.3) is 16.9 Å². The summed E-state index contributed by atoms with van der Waals surface area (Å²) in [5.74, 6) is 2.38. The second-order valence-electron chi connectivity index (χ2n) is 6.69. The van der Waals surface area contributed by atoms with Gasteiger partial charge < -0.3 is 19.5 Å². The first-order chi connectivity index (χ1) is 13.8. The molecule has 0 spiro atoms. The maximum atomic E-state index is 5.47. The van der Waals surface area contributed by atoms with Gasteiger partial charge in [0.1, 0.15) is 17.2 Å². The molecule has 0 saturated carbocycles. The maximum absolute atomic E-state index is 5.47. The highest BCUT2D eigenvalue weighted by Gasteiger charge is 2.17. The molecule has 0 aliphatic carbocycles. The molecule has 1 N–H and O–H groups in total. The number of rotatable bonds is 7. The van der Waals surface area contributed by atoms with Crippen molar-refractivity contribution < 1.29 is 14.2 Å². The van der Waals surface area contributed by atoms with Gasteiger partial charge in [0, 0.05) is 37.9 Å². The van der Waals surface area contributed by atoms with E-state index in [-0.39, 0.29) is 0 Å². The van der Waals surface area contributed by atoms with Crippen LogP contribution in [0.1, 0.15) is 0 Å². The van der Waals surface area contributed by atoms with E-state index < -0.39 is 0 Å². The van der Waals surface area contributed by atoms with Crippen molar-refractivity contribution in [2.24, 2.45) is 0 Å². The molecule has 7 nitrogen and oxygen atoms in total. The zero-order valence-corrected chi connectivity index (χ0v) is 16.4. The third-order valence-electron chi connectivity index (χ3n) is 5.01. The molecule has 1 aliphatic heterocycles. The molecule has 1 fully saturated rings. The Morgan fingerprint density at radius 1 is 1.07 bits per heavy atom. The minimum Gasteiger partial charge on any atom is -0.493 e. The van der Waals surface area contributed by atoms with Crippen LogP contribution in [0.5, 0.6) is 11.5 Å². The summed E-state index contributed by atoms with van der Waals surface area (Å²) in [5.41, 5.74) is 2.78. The van der Waals surface area contributed by atoms with E-state index >= 15 is 0 Å². The molecule has 148 valence electrons. The first kappa shape index (κ1) is 18.6. The normalized spacial score (nSPS) is 14.9. The number of pyridine rings is 1. The van der Waals surface area contributed by atoms with Crippen molar-refractivity contribution in [1.29, 1.82) is 0 Å². The second-order valence-corrected chi connectivity index (χ2v) is 6.69. The smallest absolute Gasteiger partial charge is 0.161 e. The fraction of sp³-hybridized carbons (Fsp3) is 0.381. The number of morpholine rings is 1. The van der Waals surface area contributed by atoms with E-state index in [2.05, 4.69) is 14.6 Å². The molecule has 1 aliphatic rings. The molecular weight excluding hydrogens is 356 g/mol. The Morgan fingerprint density at radius 3 is 2.68 bits per heavy atom. The lowest BCUT2D eigenvalue weighted by Crippen LogP contribution is -2.39. The topological polar surface area (TPSA) is 60.3 Å². The second kappa shape index (κ2) is 8.50. The minimum atomic E-state index is 0.691. The summed E-state index contributed by atoms with van der Waals surface area (Å²) >= 11 is 0. The summed E-state index contributed by atoms with van der Waals surface area (Å²) in [6.07, 6.45) is 2.03. The van der Waals surface area contributed by atoms with Crippen LogP contribution in [0.2, 0.25) is 0 Å². The Bertz CT molecular complexity index is 935. The maximum Gasteiger partial charge on any atom is 0.161 e. The Kier molecular flexibility index (Phi) is 5.64. The molecule has 1 saturated heterocycles. The number of ether oxygens (including phenoxy) is 3. The van der Waals surface area contributed by atoms with E-state index in [1.165, 1.54) is 0 Å². The standard InChI is InChI=1S/C21H26N4O3/c1-26-17-7-6-16(15-18(17)27-2)20-21(25-9-4-3-5-19(25)23-20)22-8-10-24-11-13-28-14-12-24/h3-7,9,15,22H,8,10-14H2,1-2H3. The van der Waals surface area contributed by atoms with Gasteiger partial charge in [-0.2, -0.15) is 0 Å². The number of imidazole rings is 1. The Balaban J connectivity index is 1.63. The van der Waals surface area contributed by atoms with Crippen LogP contribution in [0.15, 0.2) is 42.6 Å². The average molecular weight is 382 g/mol. The number of anilines is 1. The molecule has 0 amide bonds. The predicted octanol–water partition coefficient (Wildman–Crippen LogP) is 2.76. The largest absolute Gasteiger partial charge is 0.493 e. The molecule has 3 heterocycles. The number of aromatic nitrogens is 2. The molecule has 7 heteroatoms. The molecular formula is C21H26N4O3. The summed E-state index contributed by atoms with van der Waals surface area (Å²) < 4.78 is 18.4. The molecule has 0 atom stereocenters. The zero-order chi connectivity index (χ0) is 19.3. The Morgan fingerprint density at radius 2 is 1.89 bits per heavy atom. The molecule has 2 aromatic heterocycles. The highest BCUT2D eigenvalue weighted by atomic mass is 16.5. The third kappa shape index (κ3) is 3.76. The molecule has 0 bridgehead atoms. The van der Waals surface area contributed by atoms with Gasteiger partial charge in [-0.1, -0.05) is 6.07 Å². The molecule has 3 aromatic rings. The minimum absolute atomic E-state index is 0.691. The summed E-state index contributed by atoms with van der Waals surface area (Å²) in [6.45, 7) is 5.39. The average Bonchev–Trinajstić information content (AvgIpc) is 3.12. The lowest BCUT2D eigenvalue weighted by atomic mass is 10.1. The van der Waals surface area contributed by atoms with Crippen LogP contribution in [-0.2, 0) is 4.74 Å². The first-order valence-electron chi connectivity index (χ1n) is 9.53. The van der Waals surface area contributed by atoms with Gasteiger partial charge in [-0.3, -0.25) is 9.30 Å². The van der Waals surface area contributed by atoms with Gasteiger partial charge in [-0.15, -0.1) is 0 Å². The van der Waals surface area contributed by atoms with Crippen LogP contribution in [-0.4, -0.2) is 67.9 Å². The number of fused-ring (bicyclic) bond motifs is 1. The van der Waals surface area contributed by atoms with Gasteiger partial charge in [0.2, 0.25) is 0 Å². The summed E-state index contributed by atoms with van der Waals surface area (Å²) in [4.78, 5) is 7.26. The monoisotopic (exact) mass is 382 g/mol. The fourth-order valence-corrected chi connectivity index (χ4v) is 3.51. The van der Waals surface area contributed by atoms with E-state index in [1.54, 1.807) is 14.2 Å². The van der Waals surface area contributed by atoms with E-state index in [0.717, 1.165) is 62.1 Å². The highest BCUT2D eigenvalue weighted by Crippen LogP contribution is 2.35. The highest BCUT2D eigenvalue weighted by molar-refractivity contribution is 5.78. The number of hydrogen-bond donors (Lipinski definition) is 1.